The van der Waals surface area contributed by atoms with Crippen molar-refractivity contribution in [2.75, 3.05) is 26.6 Å². The van der Waals surface area contributed by atoms with Crippen LogP contribution in [0.15, 0.2) is 71.5 Å². The third-order valence-corrected chi connectivity index (χ3v) is 6.07. The number of hydrogen-bond acceptors (Lipinski definition) is 5. The third kappa shape index (κ3) is 5.39. The normalized spacial score (nSPS) is 10.7. The number of nitrogens with zero attached hydrogens (tertiary/aromatic N) is 1. The number of fused-ring (bicyclic) bond motifs is 1. The van der Waals surface area contributed by atoms with E-state index < -0.39 is 6.03 Å². The number of H-pyrrole nitrogens is 1. The first-order valence-electron chi connectivity index (χ1n) is 11.1. The van der Waals surface area contributed by atoms with Gasteiger partial charge in [0.2, 0.25) is 0 Å². The van der Waals surface area contributed by atoms with Crippen LogP contribution in [0.3, 0.4) is 0 Å². The number of carbonyl (C=O) groups excluding carboxylic acids is 1. The van der Waals surface area contributed by atoms with E-state index in [0.717, 1.165) is 10.9 Å². The molecule has 0 bridgehead atoms. The Labute approximate surface area is 213 Å². The molecule has 186 valence electrons. The van der Waals surface area contributed by atoms with Crippen LogP contribution in [0.25, 0.3) is 10.9 Å². The molecule has 8 nitrogen and oxygen atoms in total. The first kappa shape index (κ1) is 24.9. The van der Waals surface area contributed by atoms with Gasteiger partial charge < -0.3 is 29.4 Å². The molecule has 2 N–H and O–H groups in total. The second kappa shape index (κ2) is 11.0. The molecule has 4 aromatic rings. The molecule has 1 aromatic heterocycles. The van der Waals surface area contributed by atoms with Crippen LogP contribution < -0.4 is 25.1 Å². The molecule has 1 heterocycles. The number of aromatic amines is 1. The van der Waals surface area contributed by atoms with Crippen molar-refractivity contribution in [2.45, 2.75) is 13.1 Å². The number of pyridine rings is 1. The maximum Gasteiger partial charge on any atom is 0.322 e. The lowest BCUT2D eigenvalue weighted by Crippen LogP contribution is -2.36. The molecule has 36 heavy (non-hydrogen) atoms. The Morgan fingerprint density at radius 2 is 1.50 bits per heavy atom. The van der Waals surface area contributed by atoms with E-state index in [4.69, 9.17) is 25.8 Å². The van der Waals surface area contributed by atoms with E-state index in [1.54, 1.807) is 56.7 Å². The SMILES string of the molecule is COc1ccccc1CN(Cc1cc2cc(OC)c(OC)cc2[nH]c1=O)C(=O)Nc1ccccc1Cl. The van der Waals surface area contributed by atoms with Crippen molar-refractivity contribution in [3.05, 3.63) is 93.2 Å². The number of aromatic nitrogens is 1. The number of anilines is 1. The second-order valence-corrected chi connectivity index (χ2v) is 8.40. The van der Waals surface area contributed by atoms with Crippen LogP contribution in [0.1, 0.15) is 11.1 Å². The van der Waals surface area contributed by atoms with Gasteiger partial charge in [0, 0.05) is 22.6 Å². The van der Waals surface area contributed by atoms with E-state index in [1.165, 1.54) is 12.0 Å². The molecule has 9 heteroatoms. The van der Waals surface area contributed by atoms with Crippen LogP contribution in [0.4, 0.5) is 10.5 Å². The highest BCUT2D eigenvalue weighted by atomic mass is 35.5. The average molecular weight is 508 g/mol. The lowest BCUT2D eigenvalue weighted by atomic mass is 10.1. The zero-order chi connectivity index (χ0) is 25.7. The Kier molecular flexibility index (Phi) is 7.65. The number of halogens is 1. The molecule has 3 aromatic carbocycles. The summed E-state index contributed by atoms with van der Waals surface area (Å²) >= 11 is 6.25. The minimum absolute atomic E-state index is 0.0357. The lowest BCUT2D eigenvalue weighted by molar-refractivity contribution is 0.205. The molecule has 0 spiro atoms. The third-order valence-electron chi connectivity index (χ3n) is 5.74. The van der Waals surface area contributed by atoms with E-state index in [2.05, 4.69) is 10.3 Å². The van der Waals surface area contributed by atoms with Gasteiger partial charge in [-0.2, -0.15) is 0 Å². The van der Waals surface area contributed by atoms with E-state index in [0.29, 0.717) is 39.0 Å². The molecule has 0 radical (unpaired) electrons. The first-order valence-corrected chi connectivity index (χ1v) is 11.5. The summed E-state index contributed by atoms with van der Waals surface area (Å²) in [5.74, 6) is 1.67. The largest absolute Gasteiger partial charge is 0.496 e. The molecule has 0 aliphatic rings. The number of nitrogens with one attached hydrogen (secondary N) is 2. The maximum atomic E-state index is 13.4. The fourth-order valence-electron chi connectivity index (χ4n) is 3.90. The van der Waals surface area contributed by atoms with Crippen LogP contribution in [-0.4, -0.2) is 37.2 Å². The molecule has 0 saturated heterocycles. The average Bonchev–Trinajstić information content (AvgIpc) is 2.89. The fourth-order valence-corrected chi connectivity index (χ4v) is 4.08. The van der Waals surface area contributed by atoms with Crippen LogP contribution in [0.2, 0.25) is 5.02 Å². The van der Waals surface area contributed by atoms with Gasteiger partial charge in [0.05, 0.1) is 50.6 Å². The highest BCUT2D eigenvalue weighted by molar-refractivity contribution is 6.33. The number of rotatable bonds is 8. The lowest BCUT2D eigenvalue weighted by Gasteiger charge is -2.24. The van der Waals surface area contributed by atoms with Gasteiger partial charge in [0.1, 0.15) is 5.75 Å². The molecule has 0 aliphatic carbocycles. The molecule has 0 aliphatic heterocycles. The Bertz CT molecular complexity index is 1450. The predicted octanol–water partition coefficient (Wildman–Crippen LogP) is 5.44. The van der Waals surface area contributed by atoms with Crippen LogP contribution in [0.5, 0.6) is 17.2 Å². The molecule has 0 saturated carbocycles. The zero-order valence-corrected chi connectivity index (χ0v) is 20.9. The van der Waals surface area contributed by atoms with Gasteiger partial charge >= 0.3 is 6.03 Å². The van der Waals surface area contributed by atoms with Gasteiger partial charge in [0.25, 0.3) is 5.56 Å². The Balaban J connectivity index is 1.72. The van der Waals surface area contributed by atoms with Gasteiger partial charge in [-0.05, 0) is 30.3 Å². The molecule has 0 fully saturated rings. The van der Waals surface area contributed by atoms with Crippen molar-refractivity contribution in [2.24, 2.45) is 0 Å². The minimum atomic E-state index is -0.416. The van der Waals surface area contributed by atoms with Crippen LogP contribution >= 0.6 is 11.6 Å². The van der Waals surface area contributed by atoms with Gasteiger partial charge in [0.15, 0.2) is 11.5 Å². The number of para-hydroxylation sites is 2. The summed E-state index contributed by atoms with van der Waals surface area (Å²) in [6.45, 7) is 0.234. The van der Waals surface area contributed by atoms with Gasteiger partial charge in [-0.15, -0.1) is 0 Å². The van der Waals surface area contributed by atoms with Gasteiger partial charge in [-0.3, -0.25) is 4.79 Å². The Morgan fingerprint density at radius 1 is 0.861 bits per heavy atom. The van der Waals surface area contributed by atoms with Crippen molar-refractivity contribution in [1.82, 2.24) is 9.88 Å². The summed E-state index contributed by atoms with van der Waals surface area (Å²) in [6, 6.07) is 19.2. The topological polar surface area (TPSA) is 92.9 Å². The smallest absolute Gasteiger partial charge is 0.322 e. The highest BCUT2D eigenvalue weighted by Gasteiger charge is 2.20. The molecule has 4 rings (SSSR count). The van der Waals surface area contributed by atoms with Crippen molar-refractivity contribution in [1.29, 1.82) is 0 Å². The minimum Gasteiger partial charge on any atom is -0.496 e. The molecule has 0 unspecified atom stereocenters. The maximum absolute atomic E-state index is 13.4. The monoisotopic (exact) mass is 507 g/mol. The summed E-state index contributed by atoms with van der Waals surface area (Å²) in [5.41, 5.74) is 1.94. The van der Waals surface area contributed by atoms with E-state index >= 15 is 0 Å². The van der Waals surface area contributed by atoms with Crippen molar-refractivity contribution < 1.29 is 19.0 Å². The van der Waals surface area contributed by atoms with Crippen molar-refractivity contribution in [3.8, 4) is 17.2 Å². The Hall–Kier alpha value is -4.17. The summed E-state index contributed by atoms with van der Waals surface area (Å²) in [6.07, 6.45) is 0. The number of carbonyl (C=O) groups is 1. The Morgan fingerprint density at radius 3 is 2.22 bits per heavy atom. The standard InChI is InChI=1S/C27H26ClN3O5/c1-34-23-11-7-4-8-17(23)15-31(27(33)30-21-10-6-5-9-20(21)28)16-19-12-18-13-24(35-2)25(36-3)14-22(18)29-26(19)32/h4-14H,15-16H2,1-3H3,(H,29,32)(H,30,33). The van der Waals surface area contributed by atoms with Gasteiger partial charge in [-0.25, -0.2) is 4.79 Å². The number of hydrogen-bond donors (Lipinski definition) is 2. The highest BCUT2D eigenvalue weighted by Crippen LogP contribution is 2.31. The van der Waals surface area contributed by atoms with E-state index in [9.17, 15) is 9.59 Å². The van der Waals surface area contributed by atoms with Gasteiger partial charge in [-0.1, -0.05) is 41.9 Å². The molecule has 0 atom stereocenters. The quantitative estimate of drug-likeness (QED) is 0.331. The zero-order valence-electron chi connectivity index (χ0n) is 20.1. The second-order valence-electron chi connectivity index (χ2n) is 8.00. The number of ether oxygens (including phenoxy) is 3. The van der Waals surface area contributed by atoms with Crippen LogP contribution in [0, 0.1) is 0 Å². The number of amides is 2. The molecular formula is C27H26ClN3O5. The van der Waals surface area contributed by atoms with Crippen molar-refractivity contribution >= 4 is 34.2 Å². The summed E-state index contributed by atoms with van der Waals surface area (Å²) in [7, 11) is 4.65. The first-order chi connectivity index (χ1) is 17.4. The van der Waals surface area contributed by atoms with E-state index in [-0.39, 0.29) is 18.6 Å². The predicted molar refractivity (Wildman–Crippen MR) is 140 cm³/mol. The molecular weight excluding hydrogens is 482 g/mol. The fraction of sp³-hybridized carbons (Fsp3) is 0.185. The summed E-state index contributed by atoms with van der Waals surface area (Å²) in [5, 5.41) is 4.00. The summed E-state index contributed by atoms with van der Waals surface area (Å²) < 4.78 is 16.2. The number of methoxy groups -OCH3 is 3. The molecule has 2 amide bonds. The van der Waals surface area contributed by atoms with Crippen molar-refractivity contribution in [3.63, 3.8) is 0 Å². The summed E-state index contributed by atoms with van der Waals surface area (Å²) in [4.78, 5) is 30.8. The number of urea groups is 1. The van der Waals surface area contributed by atoms with E-state index in [1.807, 2.05) is 24.3 Å². The van der Waals surface area contributed by atoms with Crippen LogP contribution in [-0.2, 0) is 13.1 Å². The number of benzene rings is 3.